The minimum atomic E-state index is -3.44. The van der Waals surface area contributed by atoms with Crippen LogP contribution < -0.4 is 10.1 Å². The first kappa shape index (κ1) is 18.3. The molecular weight excluding hydrogens is 324 g/mol. The fourth-order valence-electron chi connectivity index (χ4n) is 2.18. The lowest BCUT2D eigenvalue weighted by Crippen LogP contribution is -2.33. The van der Waals surface area contributed by atoms with Crippen LogP contribution in [0.4, 0.5) is 5.69 Å². The van der Waals surface area contributed by atoms with E-state index in [4.69, 9.17) is 4.74 Å². The summed E-state index contributed by atoms with van der Waals surface area (Å²) in [6.07, 6.45) is 0. The van der Waals surface area contributed by atoms with E-state index in [1.807, 2.05) is 38.1 Å². The van der Waals surface area contributed by atoms with Crippen molar-refractivity contribution in [3.05, 3.63) is 54.1 Å². The summed E-state index contributed by atoms with van der Waals surface area (Å²) in [5.41, 5.74) is 1.95. The Bertz CT molecular complexity index is 771. The molecule has 0 aromatic heterocycles. The third-order valence-electron chi connectivity index (χ3n) is 3.89. The van der Waals surface area contributed by atoms with Crippen molar-refractivity contribution in [1.82, 2.24) is 4.31 Å². The highest BCUT2D eigenvalue weighted by Crippen LogP contribution is 2.20. The lowest BCUT2D eigenvalue weighted by Gasteiger charge is -2.21. The van der Waals surface area contributed by atoms with E-state index in [2.05, 4.69) is 5.32 Å². The summed E-state index contributed by atoms with van der Waals surface area (Å²) in [6.45, 7) is 4.33. The molecule has 0 bridgehead atoms. The van der Waals surface area contributed by atoms with Crippen molar-refractivity contribution < 1.29 is 13.2 Å². The number of benzene rings is 2. The molecule has 2 rings (SSSR count). The van der Waals surface area contributed by atoms with Crippen LogP contribution in [0.3, 0.4) is 0 Å². The van der Waals surface area contributed by atoms with E-state index in [-0.39, 0.29) is 6.04 Å². The predicted octanol–water partition coefficient (Wildman–Crippen LogP) is 3.34. The summed E-state index contributed by atoms with van der Waals surface area (Å²) < 4.78 is 31.4. The Morgan fingerprint density at radius 3 is 2.38 bits per heavy atom. The van der Waals surface area contributed by atoms with Crippen LogP contribution in [0.2, 0.25) is 0 Å². The van der Waals surface area contributed by atoms with Gasteiger partial charge in [0, 0.05) is 25.3 Å². The van der Waals surface area contributed by atoms with E-state index in [9.17, 15) is 8.42 Å². The van der Waals surface area contributed by atoms with Crippen molar-refractivity contribution in [2.24, 2.45) is 0 Å². The van der Waals surface area contributed by atoms with Crippen LogP contribution >= 0.6 is 0 Å². The molecule has 0 aliphatic carbocycles. The van der Waals surface area contributed by atoms with E-state index in [1.165, 1.54) is 4.31 Å². The quantitative estimate of drug-likeness (QED) is 0.834. The molecule has 0 aliphatic rings. The third kappa shape index (κ3) is 4.27. The monoisotopic (exact) mass is 348 g/mol. The van der Waals surface area contributed by atoms with Crippen LogP contribution in [0, 0.1) is 0 Å². The predicted molar refractivity (Wildman–Crippen MR) is 96.8 cm³/mol. The van der Waals surface area contributed by atoms with Gasteiger partial charge in [-0.1, -0.05) is 12.1 Å². The molecule has 0 atom stereocenters. The van der Waals surface area contributed by atoms with Gasteiger partial charge in [0.1, 0.15) is 5.75 Å². The molecule has 0 heterocycles. The standard InChI is InChI=1S/C18H24N2O3S/c1-14(2)20(3)24(21,22)18-10-8-16(9-11-18)19-13-15-6-5-7-17(12-15)23-4/h5-12,14,19H,13H2,1-4H3. The minimum Gasteiger partial charge on any atom is -0.497 e. The van der Waals surface area contributed by atoms with Crippen molar-refractivity contribution in [3.8, 4) is 5.75 Å². The Balaban J connectivity index is 2.07. The third-order valence-corrected chi connectivity index (χ3v) is 5.94. The Morgan fingerprint density at radius 1 is 1.12 bits per heavy atom. The molecular formula is C18H24N2O3S. The number of anilines is 1. The highest BCUT2D eigenvalue weighted by atomic mass is 32.2. The number of hydrogen-bond donors (Lipinski definition) is 1. The average Bonchev–Trinajstić information content (AvgIpc) is 2.59. The number of nitrogens with one attached hydrogen (secondary N) is 1. The summed E-state index contributed by atoms with van der Waals surface area (Å²) in [7, 11) is -0.211. The van der Waals surface area contributed by atoms with Gasteiger partial charge < -0.3 is 10.1 Å². The Kier molecular flexibility index (Phi) is 5.85. The maximum Gasteiger partial charge on any atom is 0.243 e. The van der Waals surface area contributed by atoms with Gasteiger partial charge in [0.25, 0.3) is 0 Å². The molecule has 6 heteroatoms. The summed E-state index contributed by atoms with van der Waals surface area (Å²) in [6, 6.07) is 14.5. The maximum absolute atomic E-state index is 12.4. The van der Waals surface area contributed by atoms with Crippen LogP contribution in [0.5, 0.6) is 5.75 Å². The Hall–Kier alpha value is -2.05. The van der Waals surface area contributed by atoms with Crippen LogP contribution in [0.1, 0.15) is 19.4 Å². The van der Waals surface area contributed by atoms with Crippen molar-refractivity contribution in [2.45, 2.75) is 31.3 Å². The van der Waals surface area contributed by atoms with Crippen molar-refractivity contribution in [2.75, 3.05) is 19.5 Å². The maximum atomic E-state index is 12.4. The Morgan fingerprint density at radius 2 is 1.79 bits per heavy atom. The molecule has 0 saturated heterocycles. The van der Waals surface area contributed by atoms with Gasteiger partial charge in [0.2, 0.25) is 10.0 Å². The summed E-state index contributed by atoms with van der Waals surface area (Å²) in [4.78, 5) is 0.297. The largest absolute Gasteiger partial charge is 0.497 e. The zero-order valence-electron chi connectivity index (χ0n) is 14.5. The number of sulfonamides is 1. The van der Waals surface area contributed by atoms with Crippen LogP contribution in [0.25, 0.3) is 0 Å². The van der Waals surface area contributed by atoms with Crippen molar-refractivity contribution in [1.29, 1.82) is 0 Å². The highest BCUT2D eigenvalue weighted by molar-refractivity contribution is 7.89. The van der Waals surface area contributed by atoms with Crippen molar-refractivity contribution >= 4 is 15.7 Å². The van der Waals surface area contributed by atoms with Gasteiger partial charge in [-0.05, 0) is 55.8 Å². The van der Waals surface area contributed by atoms with Crippen molar-refractivity contribution in [3.63, 3.8) is 0 Å². The van der Waals surface area contributed by atoms with Gasteiger partial charge in [-0.2, -0.15) is 4.31 Å². The van der Waals surface area contributed by atoms with Crippen LogP contribution in [-0.2, 0) is 16.6 Å². The van der Waals surface area contributed by atoms with Gasteiger partial charge >= 0.3 is 0 Å². The van der Waals surface area contributed by atoms with Gasteiger partial charge in [-0.15, -0.1) is 0 Å². The molecule has 0 amide bonds. The summed E-state index contributed by atoms with van der Waals surface area (Å²) >= 11 is 0. The fraction of sp³-hybridized carbons (Fsp3) is 0.333. The smallest absolute Gasteiger partial charge is 0.243 e. The number of nitrogens with zero attached hydrogens (tertiary/aromatic N) is 1. The van der Waals surface area contributed by atoms with E-state index in [1.54, 1.807) is 38.4 Å². The first-order valence-electron chi connectivity index (χ1n) is 7.79. The van der Waals surface area contributed by atoms with Crippen LogP contribution in [0.15, 0.2) is 53.4 Å². The molecule has 2 aromatic carbocycles. The normalized spacial score (nSPS) is 11.8. The first-order valence-corrected chi connectivity index (χ1v) is 9.23. The molecule has 0 fully saturated rings. The molecule has 1 N–H and O–H groups in total. The van der Waals surface area contributed by atoms with E-state index in [0.29, 0.717) is 11.4 Å². The second-order valence-electron chi connectivity index (χ2n) is 5.84. The molecule has 2 aromatic rings. The number of ether oxygens (including phenoxy) is 1. The Labute approximate surface area is 144 Å². The molecule has 130 valence electrons. The van der Waals surface area contributed by atoms with Gasteiger partial charge in [0.15, 0.2) is 0 Å². The van der Waals surface area contributed by atoms with Gasteiger partial charge in [-0.25, -0.2) is 8.42 Å². The second kappa shape index (κ2) is 7.68. The molecule has 5 nitrogen and oxygen atoms in total. The molecule has 0 radical (unpaired) electrons. The summed E-state index contributed by atoms with van der Waals surface area (Å²) in [5, 5.41) is 3.28. The zero-order valence-corrected chi connectivity index (χ0v) is 15.3. The SMILES string of the molecule is COc1cccc(CNc2ccc(S(=O)(=O)N(C)C(C)C)cc2)c1. The molecule has 0 saturated carbocycles. The van der Waals surface area contributed by atoms with E-state index in [0.717, 1.165) is 17.0 Å². The lowest BCUT2D eigenvalue weighted by atomic mass is 10.2. The second-order valence-corrected chi connectivity index (χ2v) is 7.84. The molecule has 0 spiro atoms. The molecule has 0 aliphatic heterocycles. The number of hydrogen-bond acceptors (Lipinski definition) is 4. The topological polar surface area (TPSA) is 58.6 Å². The van der Waals surface area contributed by atoms with E-state index < -0.39 is 10.0 Å². The summed E-state index contributed by atoms with van der Waals surface area (Å²) in [5.74, 6) is 0.812. The van der Waals surface area contributed by atoms with E-state index >= 15 is 0 Å². The highest BCUT2D eigenvalue weighted by Gasteiger charge is 2.22. The fourth-order valence-corrected chi connectivity index (χ4v) is 3.54. The lowest BCUT2D eigenvalue weighted by molar-refractivity contribution is 0.410. The molecule has 0 unspecified atom stereocenters. The van der Waals surface area contributed by atoms with Crippen LogP contribution in [-0.4, -0.2) is 32.9 Å². The number of rotatable bonds is 7. The zero-order chi connectivity index (χ0) is 17.7. The average molecular weight is 348 g/mol. The number of methoxy groups -OCH3 is 1. The van der Waals surface area contributed by atoms with Gasteiger partial charge in [-0.3, -0.25) is 0 Å². The first-order chi connectivity index (χ1) is 11.3. The minimum absolute atomic E-state index is 0.0825. The molecule has 24 heavy (non-hydrogen) atoms. The van der Waals surface area contributed by atoms with Gasteiger partial charge in [0.05, 0.1) is 12.0 Å².